The summed E-state index contributed by atoms with van der Waals surface area (Å²) in [5.41, 5.74) is 2.23. The van der Waals surface area contributed by atoms with E-state index in [-0.39, 0.29) is 18.4 Å². The molecule has 0 aliphatic carbocycles. The molecule has 3 aromatic rings. The van der Waals surface area contributed by atoms with Gasteiger partial charge in [-0.15, -0.1) is 0 Å². The summed E-state index contributed by atoms with van der Waals surface area (Å²) in [6, 6.07) is 6.27. The molecule has 1 saturated heterocycles. The number of carbonyl (C=O) groups is 1. The number of hydrogen-bond acceptors (Lipinski definition) is 4. The molecular weight excluding hydrogens is 328 g/mol. The van der Waals surface area contributed by atoms with Crippen molar-refractivity contribution in [3.05, 3.63) is 30.2 Å². The molecule has 26 heavy (non-hydrogen) atoms. The van der Waals surface area contributed by atoms with Gasteiger partial charge in [-0.25, -0.2) is 4.98 Å². The normalized spacial score (nSPS) is 20.2. The van der Waals surface area contributed by atoms with Gasteiger partial charge in [0.1, 0.15) is 18.1 Å². The van der Waals surface area contributed by atoms with Gasteiger partial charge in [-0.2, -0.15) is 10.5 Å². The third-order valence-electron chi connectivity index (χ3n) is 5.35. The molecule has 130 valence electrons. The second-order valence-electron chi connectivity index (χ2n) is 6.83. The van der Waals surface area contributed by atoms with E-state index in [9.17, 15) is 10.1 Å². The lowest BCUT2D eigenvalue weighted by Gasteiger charge is -2.38. The Hall–Kier alpha value is -3.32. The fourth-order valence-corrected chi connectivity index (χ4v) is 3.91. The van der Waals surface area contributed by atoms with Gasteiger partial charge < -0.3 is 14.5 Å². The van der Waals surface area contributed by atoms with Gasteiger partial charge in [0.05, 0.1) is 28.6 Å². The van der Waals surface area contributed by atoms with Crippen molar-refractivity contribution in [2.75, 3.05) is 13.1 Å². The molecule has 0 aromatic carbocycles. The minimum absolute atomic E-state index is 0.0852. The van der Waals surface area contributed by atoms with E-state index in [0.29, 0.717) is 30.2 Å². The molecule has 3 aromatic heterocycles. The first-order valence-corrected chi connectivity index (χ1v) is 8.65. The van der Waals surface area contributed by atoms with Crippen molar-refractivity contribution in [1.82, 2.24) is 19.4 Å². The van der Waals surface area contributed by atoms with Gasteiger partial charge in [0.2, 0.25) is 5.91 Å². The Morgan fingerprint density at radius 1 is 1.46 bits per heavy atom. The van der Waals surface area contributed by atoms with E-state index in [2.05, 4.69) is 27.5 Å². The SMILES string of the molecule is C[C@@H]1CCN(C(=O)CC#N)C[C@@H]1n1ccc2cnc3[nH]cc(C#N)c3c21. The number of amides is 1. The van der Waals surface area contributed by atoms with Crippen LogP contribution in [-0.4, -0.2) is 38.4 Å². The lowest BCUT2D eigenvalue weighted by atomic mass is 9.92. The van der Waals surface area contributed by atoms with Gasteiger partial charge in [-0.3, -0.25) is 4.79 Å². The number of pyridine rings is 1. The van der Waals surface area contributed by atoms with Crippen molar-refractivity contribution in [3.63, 3.8) is 0 Å². The summed E-state index contributed by atoms with van der Waals surface area (Å²) in [7, 11) is 0. The molecule has 0 spiro atoms. The molecule has 0 bridgehead atoms. The Kier molecular flexibility index (Phi) is 3.85. The number of nitrogens with one attached hydrogen (secondary N) is 1. The second-order valence-corrected chi connectivity index (χ2v) is 6.83. The molecule has 0 unspecified atom stereocenters. The van der Waals surface area contributed by atoms with Crippen molar-refractivity contribution in [2.24, 2.45) is 5.92 Å². The molecule has 1 N–H and O–H groups in total. The van der Waals surface area contributed by atoms with Crippen LogP contribution in [0, 0.1) is 28.6 Å². The van der Waals surface area contributed by atoms with Crippen LogP contribution in [0.2, 0.25) is 0 Å². The number of likely N-dealkylation sites (tertiary alicyclic amines) is 1. The number of carbonyl (C=O) groups excluding carboxylic acids is 1. The van der Waals surface area contributed by atoms with Gasteiger partial charge in [0.25, 0.3) is 0 Å². The Balaban J connectivity index is 1.83. The van der Waals surface area contributed by atoms with Crippen LogP contribution >= 0.6 is 0 Å². The van der Waals surface area contributed by atoms with Crippen molar-refractivity contribution in [2.45, 2.75) is 25.8 Å². The summed E-state index contributed by atoms with van der Waals surface area (Å²) in [5, 5.41) is 20.1. The minimum atomic E-state index is -0.118. The number of piperidine rings is 1. The summed E-state index contributed by atoms with van der Waals surface area (Å²) in [5.74, 6) is 0.261. The minimum Gasteiger partial charge on any atom is -0.345 e. The lowest BCUT2D eigenvalue weighted by Crippen LogP contribution is -2.43. The summed E-state index contributed by atoms with van der Waals surface area (Å²) in [6.07, 6.45) is 6.30. The van der Waals surface area contributed by atoms with Crippen LogP contribution in [0.4, 0.5) is 0 Å². The summed E-state index contributed by atoms with van der Waals surface area (Å²) in [6.45, 7) is 3.44. The zero-order chi connectivity index (χ0) is 18.3. The Morgan fingerprint density at radius 2 is 2.31 bits per heavy atom. The van der Waals surface area contributed by atoms with E-state index in [4.69, 9.17) is 5.26 Å². The first-order chi connectivity index (χ1) is 12.6. The highest BCUT2D eigenvalue weighted by atomic mass is 16.2. The van der Waals surface area contributed by atoms with Crippen LogP contribution in [0.15, 0.2) is 24.7 Å². The van der Waals surface area contributed by atoms with E-state index < -0.39 is 0 Å². The number of hydrogen-bond donors (Lipinski definition) is 1. The number of nitriles is 2. The van der Waals surface area contributed by atoms with Crippen LogP contribution in [0.1, 0.15) is 31.4 Å². The highest BCUT2D eigenvalue weighted by Crippen LogP contribution is 2.34. The van der Waals surface area contributed by atoms with Crippen molar-refractivity contribution >= 4 is 27.8 Å². The highest BCUT2D eigenvalue weighted by molar-refractivity contribution is 6.05. The largest absolute Gasteiger partial charge is 0.345 e. The van der Waals surface area contributed by atoms with Gasteiger partial charge in [-0.1, -0.05) is 6.92 Å². The highest BCUT2D eigenvalue weighted by Gasteiger charge is 2.31. The molecule has 4 rings (SSSR count). The number of nitrogens with zero attached hydrogens (tertiary/aromatic N) is 5. The average Bonchev–Trinajstić information content (AvgIpc) is 3.25. The van der Waals surface area contributed by atoms with E-state index in [0.717, 1.165) is 22.7 Å². The van der Waals surface area contributed by atoms with E-state index in [1.165, 1.54) is 0 Å². The Labute approximate surface area is 150 Å². The summed E-state index contributed by atoms with van der Waals surface area (Å²) < 4.78 is 2.17. The Morgan fingerprint density at radius 3 is 3.08 bits per heavy atom. The van der Waals surface area contributed by atoms with Crippen LogP contribution in [0.3, 0.4) is 0 Å². The molecule has 7 heteroatoms. The fraction of sp³-hybridized carbons (Fsp3) is 0.368. The zero-order valence-corrected chi connectivity index (χ0v) is 14.4. The monoisotopic (exact) mass is 346 g/mol. The molecule has 0 saturated carbocycles. The smallest absolute Gasteiger partial charge is 0.236 e. The third kappa shape index (κ3) is 2.41. The van der Waals surface area contributed by atoms with Gasteiger partial charge in [-0.05, 0) is 18.4 Å². The van der Waals surface area contributed by atoms with Crippen LogP contribution in [0.25, 0.3) is 21.9 Å². The van der Waals surface area contributed by atoms with Crippen molar-refractivity contribution < 1.29 is 4.79 Å². The number of fused-ring (bicyclic) bond motifs is 3. The third-order valence-corrected chi connectivity index (χ3v) is 5.35. The predicted octanol–water partition coefficient (Wildman–Crippen LogP) is 2.71. The average molecular weight is 346 g/mol. The van der Waals surface area contributed by atoms with Crippen LogP contribution < -0.4 is 0 Å². The van der Waals surface area contributed by atoms with E-state index in [1.54, 1.807) is 17.3 Å². The maximum Gasteiger partial charge on any atom is 0.236 e. The molecule has 1 aliphatic heterocycles. The van der Waals surface area contributed by atoms with Gasteiger partial charge >= 0.3 is 0 Å². The maximum atomic E-state index is 12.2. The molecule has 1 amide bonds. The van der Waals surface area contributed by atoms with Crippen molar-refractivity contribution in [3.8, 4) is 12.1 Å². The molecule has 1 fully saturated rings. The maximum absolute atomic E-state index is 12.2. The molecule has 1 aliphatic rings. The number of H-pyrrole nitrogens is 1. The van der Waals surface area contributed by atoms with Crippen LogP contribution in [-0.2, 0) is 4.79 Å². The quantitative estimate of drug-likeness (QED) is 0.770. The molecule has 7 nitrogen and oxygen atoms in total. The lowest BCUT2D eigenvalue weighted by molar-refractivity contribution is -0.132. The zero-order valence-electron chi connectivity index (χ0n) is 14.4. The summed E-state index contributed by atoms with van der Waals surface area (Å²) in [4.78, 5) is 21.4. The van der Waals surface area contributed by atoms with Gasteiger partial charge in [0.15, 0.2) is 0 Å². The topological polar surface area (TPSA) is 102 Å². The molecule has 0 radical (unpaired) electrons. The second kappa shape index (κ2) is 6.20. The van der Waals surface area contributed by atoms with Crippen molar-refractivity contribution in [1.29, 1.82) is 10.5 Å². The molecule has 4 heterocycles. The fourth-order valence-electron chi connectivity index (χ4n) is 3.91. The Bertz CT molecular complexity index is 1080. The number of aromatic nitrogens is 3. The van der Waals surface area contributed by atoms with Gasteiger partial charge in [0, 0.05) is 37.1 Å². The molecular formula is C19H18N6O. The van der Waals surface area contributed by atoms with E-state index >= 15 is 0 Å². The predicted molar refractivity (Wildman–Crippen MR) is 95.9 cm³/mol. The first-order valence-electron chi connectivity index (χ1n) is 8.65. The molecule has 2 atom stereocenters. The first kappa shape index (κ1) is 16.2. The number of aromatic amines is 1. The van der Waals surface area contributed by atoms with E-state index in [1.807, 2.05) is 18.3 Å². The summed E-state index contributed by atoms with van der Waals surface area (Å²) >= 11 is 0. The standard InChI is InChI=1S/C19H18N6O/c1-12-3-6-24(16(26)2-5-20)11-15(12)25-7-4-13-9-22-19-17(18(13)25)14(8-21)10-23-19/h4,7,9-10,12,15H,2-3,6,11H2,1H3,(H,22,23)/t12-,15+/m1/s1. The number of rotatable bonds is 2. The van der Waals surface area contributed by atoms with Crippen LogP contribution in [0.5, 0.6) is 0 Å².